The molecule has 152 valence electrons. The van der Waals surface area contributed by atoms with Crippen LogP contribution < -0.4 is 24.8 Å². The number of piperidine rings is 1. The molecule has 8 nitrogen and oxygen atoms in total. The summed E-state index contributed by atoms with van der Waals surface area (Å²) in [5.74, 6) is 1.79. The van der Waals surface area contributed by atoms with Crippen molar-refractivity contribution in [1.29, 1.82) is 0 Å². The molecule has 2 N–H and O–H groups in total. The quantitative estimate of drug-likeness (QED) is 0.710. The molecule has 1 aromatic carbocycles. The van der Waals surface area contributed by atoms with Crippen LogP contribution in [0.3, 0.4) is 0 Å². The van der Waals surface area contributed by atoms with Crippen molar-refractivity contribution < 1.29 is 19.0 Å². The summed E-state index contributed by atoms with van der Waals surface area (Å²) in [6.07, 6.45) is 5.61. The Morgan fingerprint density at radius 2 is 1.93 bits per heavy atom. The van der Waals surface area contributed by atoms with Gasteiger partial charge in [0.05, 0.1) is 21.3 Å². The second-order valence-corrected chi connectivity index (χ2v) is 6.73. The first-order valence-corrected chi connectivity index (χ1v) is 9.43. The molecule has 3 rings (SSSR count). The van der Waals surface area contributed by atoms with Gasteiger partial charge < -0.3 is 24.8 Å². The van der Waals surface area contributed by atoms with Gasteiger partial charge in [-0.2, -0.15) is 5.10 Å². The van der Waals surface area contributed by atoms with Crippen LogP contribution in [0.15, 0.2) is 30.6 Å². The van der Waals surface area contributed by atoms with Gasteiger partial charge in [-0.1, -0.05) is 6.07 Å². The molecule has 1 saturated heterocycles. The molecule has 1 amide bonds. The fraction of sp³-hybridized carbons (Fsp3) is 0.500. The average molecular weight is 388 g/mol. The number of carbonyl (C=O) groups is 1. The van der Waals surface area contributed by atoms with Crippen molar-refractivity contribution in [2.24, 2.45) is 0 Å². The molecule has 0 atom stereocenters. The molecule has 1 aromatic heterocycles. The Bertz CT molecular complexity index is 786. The van der Waals surface area contributed by atoms with Crippen LogP contribution in [0, 0.1) is 0 Å². The van der Waals surface area contributed by atoms with Crippen molar-refractivity contribution >= 4 is 5.91 Å². The molecule has 28 heavy (non-hydrogen) atoms. The Labute approximate surface area is 165 Å². The summed E-state index contributed by atoms with van der Waals surface area (Å²) >= 11 is 0. The van der Waals surface area contributed by atoms with E-state index in [1.807, 2.05) is 24.4 Å². The molecular weight excluding hydrogens is 360 g/mol. The molecule has 0 unspecified atom stereocenters. The Kier molecular flexibility index (Phi) is 6.41. The number of amides is 1. The smallest absolute Gasteiger partial charge is 0.248 e. The summed E-state index contributed by atoms with van der Waals surface area (Å²) in [6, 6.07) is 5.63. The van der Waals surface area contributed by atoms with Crippen LogP contribution in [0.2, 0.25) is 0 Å². The van der Waals surface area contributed by atoms with Crippen molar-refractivity contribution in [3.05, 3.63) is 36.2 Å². The van der Waals surface area contributed by atoms with Crippen molar-refractivity contribution in [2.75, 3.05) is 41.0 Å². The molecular formula is C20H28N4O4. The first kappa shape index (κ1) is 20.0. The van der Waals surface area contributed by atoms with E-state index in [0.717, 1.165) is 18.7 Å². The second-order valence-electron chi connectivity index (χ2n) is 6.73. The highest BCUT2D eigenvalue weighted by atomic mass is 16.5. The van der Waals surface area contributed by atoms with E-state index in [9.17, 15) is 4.79 Å². The summed E-state index contributed by atoms with van der Waals surface area (Å²) in [6.45, 7) is 2.06. The number of aromatic nitrogens is 2. The van der Waals surface area contributed by atoms with Crippen molar-refractivity contribution in [1.82, 2.24) is 20.4 Å². The summed E-state index contributed by atoms with van der Waals surface area (Å²) < 4.78 is 18.1. The van der Waals surface area contributed by atoms with E-state index in [1.54, 1.807) is 32.2 Å². The van der Waals surface area contributed by atoms with Crippen molar-refractivity contribution in [2.45, 2.75) is 24.8 Å². The number of rotatable bonds is 8. The maximum atomic E-state index is 13.1. The number of methoxy groups -OCH3 is 3. The number of benzene rings is 1. The highest BCUT2D eigenvalue weighted by molar-refractivity contribution is 5.84. The second kappa shape index (κ2) is 8.97. The highest BCUT2D eigenvalue weighted by Gasteiger charge is 2.41. The zero-order valence-electron chi connectivity index (χ0n) is 16.7. The molecule has 0 saturated carbocycles. The third-order valence-corrected chi connectivity index (χ3v) is 5.26. The highest BCUT2D eigenvalue weighted by Crippen LogP contribution is 2.39. The lowest BCUT2D eigenvalue weighted by Crippen LogP contribution is -2.54. The predicted octanol–water partition coefficient (Wildman–Crippen LogP) is 1.35. The number of carbonyl (C=O) groups excluding carboxylic acids is 1. The van der Waals surface area contributed by atoms with Gasteiger partial charge in [0.2, 0.25) is 11.7 Å². The maximum Gasteiger partial charge on any atom is 0.248 e. The first-order chi connectivity index (χ1) is 13.7. The van der Waals surface area contributed by atoms with E-state index < -0.39 is 5.54 Å². The van der Waals surface area contributed by atoms with Gasteiger partial charge in [0.15, 0.2) is 11.5 Å². The van der Waals surface area contributed by atoms with E-state index in [2.05, 4.69) is 15.7 Å². The SMILES string of the molecule is COc1ccc(CCNC(=O)C2(n3cccn3)CCNCC2)c(OC)c1OC. The molecule has 1 fully saturated rings. The molecule has 2 aromatic rings. The van der Waals surface area contributed by atoms with E-state index in [-0.39, 0.29) is 5.91 Å². The van der Waals surface area contributed by atoms with Gasteiger partial charge in [0.1, 0.15) is 5.54 Å². The monoisotopic (exact) mass is 388 g/mol. The van der Waals surface area contributed by atoms with Crippen molar-refractivity contribution in [3.8, 4) is 17.2 Å². The lowest BCUT2D eigenvalue weighted by Gasteiger charge is -2.36. The molecule has 0 spiro atoms. The zero-order chi connectivity index (χ0) is 20.0. The van der Waals surface area contributed by atoms with Crippen molar-refractivity contribution in [3.63, 3.8) is 0 Å². The third kappa shape index (κ3) is 3.77. The van der Waals surface area contributed by atoms with Crippen LogP contribution in [0.1, 0.15) is 18.4 Å². The fourth-order valence-electron chi connectivity index (χ4n) is 3.76. The molecule has 0 aliphatic carbocycles. The Morgan fingerprint density at radius 1 is 1.18 bits per heavy atom. The summed E-state index contributed by atoms with van der Waals surface area (Å²) in [7, 11) is 4.77. The van der Waals surface area contributed by atoms with Gasteiger partial charge in [-0.3, -0.25) is 9.48 Å². The minimum absolute atomic E-state index is 0.00264. The lowest BCUT2D eigenvalue weighted by molar-refractivity contribution is -0.131. The summed E-state index contributed by atoms with van der Waals surface area (Å²) in [4.78, 5) is 13.1. The van der Waals surface area contributed by atoms with Gasteiger partial charge in [-0.15, -0.1) is 0 Å². The number of nitrogens with zero attached hydrogens (tertiary/aromatic N) is 2. The number of hydrogen-bond acceptors (Lipinski definition) is 6. The maximum absolute atomic E-state index is 13.1. The van der Waals surface area contributed by atoms with Crippen LogP contribution in [-0.4, -0.2) is 56.7 Å². The Hall–Kier alpha value is -2.74. The van der Waals surface area contributed by atoms with Crippen LogP contribution >= 0.6 is 0 Å². The number of nitrogens with one attached hydrogen (secondary N) is 2. The van der Waals surface area contributed by atoms with E-state index in [4.69, 9.17) is 14.2 Å². The van der Waals surface area contributed by atoms with Gasteiger partial charge >= 0.3 is 0 Å². The normalized spacial score (nSPS) is 15.7. The molecule has 1 aliphatic rings. The summed E-state index contributed by atoms with van der Waals surface area (Å²) in [5, 5.41) is 10.8. The Morgan fingerprint density at radius 3 is 2.54 bits per heavy atom. The fourth-order valence-corrected chi connectivity index (χ4v) is 3.76. The predicted molar refractivity (Wildman–Crippen MR) is 105 cm³/mol. The number of ether oxygens (including phenoxy) is 3. The lowest BCUT2D eigenvalue weighted by atomic mass is 9.87. The van der Waals surface area contributed by atoms with E-state index in [1.165, 1.54) is 0 Å². The van der Waals surface area contributed by atoms with Gasteiger partial charge in [-0.05, 0) is 44.5 Å². The van der Waals surface area contributed by atoms with E-state index >= 15 is 0 Å². The molecule has 2 heterocycles. The van der Waals surface area contributed by atoms with Crippen LogP contribution in [0.25, 0.3) is 0 Å². The standard InChI is InChI=1S/C20H28N4O4/c1-26-16-6-5-15(17(27-2)18(16)28-3)7-11-22-19(25)20(8-12-21-13-9-20)24-14-4-10-23-24/h4-6,10,14,21H,7-9,11-13H2,1-3H3,(H,22,25). The Balaban J connectivity index is 1.71. The average Bonchev–Trinajstić information content (AvgIpc) is 3.29. The van der Waals surface area contributed by atoms with Gasteiger partial charge in [0.25, 0.3) is 0 Å². The first-order valence-electron chi connectivity index (χ1n) is 9.43. The largest absolute Gasteiger partial charge is 0.493 e. The molecule has 8 heteroatoms. The minimum Gasteiger partial charge on any atom is -0.493 e. The molecule has 0 bridgehead atoms. The van der Waals surface area contributed by atoms with Gasteiger partial charge in [0, 0.05) is 24.5 Å². The van der Waals surface area contributed by atoms with E-state index in [0.29, 0.717) is 43.1 Å². The van der Waals surface area contributed by atoms with Crippen LogP contribution in [0.5, 0.6) is 17.2 Å². The third-order valence-electron chi connectivity index (χ3n) is 5.26. The summed E-state index contributed by atoms with van der Waals surface area (Å²) in [5.41, 5.74) is 0.301. The topological polar surface area (TPSA) is 86.6 Å². The van der Waals surface area contributed by atoms with Gasteiger partial charge in [-0.25, -0.2) is 0 Å². The van der Waals surface area contributed by atoms with Crippen LogP contribution in [0.4, 0.5) is 0 Å². The molecule has 1 aliphatic heterocycles. The minimum atomic E-state index is -0.642. The zero-order valence-corrected chi connectivity index (χ0v) is 16.7. The van der Waals surface area contributed by atoms with Crippen LogP contribution in [-0.2, 0) is 16.8 Å². The number of hydrogen-bond donors (Lipinski definition) is 2. The molecule has 0 radical (unpaired) electrons.